The van der Waals surface area contributed by atoms with E-state index in [0.29, 0.717) is 0 Å². The summed E-state index contributed by atoms with van der Waals surface area (Å²) in [6.45, 7) is 6.69. The highest BCUT2D eigenvalue weighted by molar-refractivity contribution is 5.28. The molecular weight excluding hydrogens is 330 g/mol. The molecule has 3 rings (SSSR count). The van der Waals surface area contributed by atoms with E-state index in [4.69, 9.17) is 0 Å². The van der Waals surface area contributed by atoms with E-state index in [1.807, 2.05) is 0 Å². The van der Waals surface area contributed by atoms with Crippen molar-refractivity contribution >= 4 is 0 Å². The summed E-state index contributed by atoms with van der Waals surface area (Å²) in [5.74, 6) is 0.398. The van der Waals surface area contributed by atoms with Crippen LogP contribution in [0.5, 0.6) is 0 Å². The molecule has 1 fully saturated rings. The van der Waals surface area contributed by atoms with Crippen LogP contribution in [0.4, 0.5) is 0 Å². The molecule has 1 heterocycles. The van der Waals surface area contributed by atoms with E-state index in [0.717, 1.165) is 32.1 Å². The van der Waals surface area contributed by atoms with Crippen LogP contribution in [0.1, 0.15) is 76.1 Å². The summed E-state index contributed by atoms with van der Waals surface area (Å²) in [7, 11) is 0. The minimum Gasteiger partial charge on any atom is -0.389 e. The van der Waals surface area contributed by atoms with Crippen LogP contribution in [0.25, 0.3) is 0 Å². The van der Waals surface area contributed by atoms with Crippen LogP contribution in [0, 0.1) is 11.8 Å². The van der Waals surface area contributed by atoms with E-state index in [9.17, 15) is 5.11 Å². The predicted octanol–water partition coefficient (Wildman–Crippen LogP) is 6.05. The quantitative estimate of drug-likeness (QED) is 0.626. The first-order valence-corrected chi connectivity index (χ1v) is 10.7. The van der Waals surface area contributed by atoms with Gasteiger partial charge in [0, 0.05) is 23.9 Å². The van der Waals surface area contributed by atoms with E-state index in [1.165, 1.54) is 11.1 Å². The number of piperidine rings is 1. The summed E-state index contributed by atoms with van der Waals surface area (Å²) < 4.78 is 0. The van der Waals surface area contributed by atoms with Crippen LogP contribution in [-0.4, -0.2) is 10.7 Å². The van der Waals surface area contributed by atoms with E-state index < -0.39 is 5.60 Å². The van der Waals surface area contributed by atoms with Gasteiger partial charge in [0.15, 0.2) is 0 Å². The number of hydrogen-bond donors (Lipinski definition) is 2. The lowest BCUT2D eigenvalue weighted by atomic mass is 9.62. The van der Waals surface area contributed by atoms with Crippen LogP contribution >= 0.6 is 0 Å². The van der Waals surface area contributed by atoms with Gasteiger partial charge >= 0.3 is 0 Å². The summed E-state index contributed by atoms with van der Waals surface area (Å²) in [5.41, 5.74) is 1.91. The van der Waals surface area contributed by atoms with Gasteiger partial charge in [-0.25, -0.2) is 0 Å². The number of unbranched alkanes of at least 4 members (excludes halogenated alkanes) is 1. The molecule has 2 aromatic carbocycles. The monoisotopic (exact) mass is 365 g/mol. The Morgan fingerprint density at radius 2 is 1.41 bits per heavy atom. The largest absolute Gasteiger partial charge is 0.389 e. The summed E-state index contributed by atoms with van der Waals surface area (Å²) in [6, 6.07) is 21.7. The van der Waals surface area contributed by atoms with E-state index in [-0.39, 0.29) is 23.9 Å². The van der Waals surface area contributed by atoms with Crippen molar-refractivity contribution < 1.29 is 5.11 Å². The molecule has 0 amide bonds. The maximum Gasteiger partial charge on any atom is 0.0737 e. The molecule has 0 aromatic heterocycles. The molecule has 0 saturated carbocycles. The van der Waals surface area contributed by atoms with Crippen LogP contribution in [0.15, 0.2) is 60.7 Å². The van der Waals surface area contributed by atoms with E-state index in [2.05, 4.69) is 86.8 Å². The second-order valence-electron chi connectivity index (χ2n) is 8.22. The molecule has 146 valence electrons. The molecule has 0 aliphatic carbocycles. The van der Waals surface area contributed by atoms with Gasteiger partial charge in [-0.1, -0.05) is 101 Å². The first-order chi connectivity index (χ1) is 13.1. The summed E-state index contributed by atoms with van der Waals surface area (Å²) in [4.78, 5) is 0. The number of aliphatic hydroxyl groups is 1. The third-order valence-corrected chi connectivity index (χ3v) is 6.54. The zero-order valence-corrected chi connectivity index (χ0v) is 17.1. The highest BCUT2D eigenvalue weighted by Gasteiger charge is 2.51. The van der Waals surface area contributed by atoms with Gasteiger partial charge in [-0.05, 0) is 24.0 Å². The molecule has 1 aliphatic rings. The van der Waals surface area contributed by atoms with Gasteiger partial charge in [0.1, 0.15) is 0 Å². The Hall–Kier alpha value is -1.64. The van der Waals surface area contributed by atoms with Gasteiger partial charge in [-0.2, -0.15) is 0 Å². The van der Waals surface area contributed by atoms with Gasteiger partial charge in [0.2, 0.25) is 0 Å². The number of rotatable bonds is 7. The Kier molecular flexibility index (Phi) is 6.73. The van der Waals surface area contributed by atoms with Gasteiger partial charge in [0.25, 0.3) is 0 Å². The Bertz CT molecular complexity index is 686. The summed E-state index contributed by atoms with van der Waals surface area (Å²) in [5, 5.41) is 16.0. The zero-order chi connectivity index (χ0) is 19.3. The second-order valence-corrected chi connectivity index (χ2v) is 8.22. The standard InChI is InChI=1S/C25H35NO/c1-4-6-18-25(27)19(3)23(20-14-9-7-10-15-20)26-24(22(25)13-5-2)21-16-11-8-12-17-21/h7-12,14-17,19,22-24,26-27H,4-6,13,18H2,1-3H3/t19-,22-,23-,24+,25+/m1/s1. The Morgan fingerprint density at radius 1 is 0.852 bits per heavy atom. The lowest BCUT2D eigenvalue weighted by molar-refractivity contribution is -0.125. The Balaban J connectivity index is 2.05. The number of nitrogens with one attached hydrogen (secondary N) is 1. The number of benzene rings is 2. The first-order valence-electron chi connectivity index (χ1n) is 10.7. The number of hydrogen-bond acceptors (Lipinski definition) is 2. The lowest BCUT2D eigenvalue weighted by Gasteiger charge is -2.53. The van der Waals surface area contributed by atoms with Crippen LogP contribution in [0.2, 0.25) is 0 Å². The highest BCUT2D eigenvalue weighted by Crippen LogP contribution is 2.50. The molecule has 0 unspecified atom stereocenters. The molecule has 0 radical (unpaired) electrons. The van der Waals surface area contributed by atoms with Crippen molar-refractivity contribution in [2.45, 2.75) is 70.6 Å². The molecule has 2 N–H and O–H groups in total. The Morgan fingerprint density at radius 3 is 1.93 bits per heavy atom. The molecule has 0 spiro atoms. The Labute approximate surface area is 165 Å². The van der Waals surface area contributed by atoms with E-state index in [1.54, 1.807) is 0 Å². The van der Waals surface area contributed by atoms with Crippen molar-refractivity contribution in [2.75, 3.05) is 0 Å². The molecule has 27 heavy (non-hydrogen) atoms. The van der Waals surface area contributed by atoms with Gasteiger partial charge in [0.05, 0.1) is 5.60 Å². The van der Waals surface area contributed by atoms with Gasteiger partial charge in [-0.15, -0.1) is 0 Å². The highest BCUT2D eigenvalue weighted by atomic mass is 16.3. The third-order valence-electron chi connectivity index (χ3n) is 6.54. The molecule has 5 atom stereocenters. The molecule has 1 saturated heterocycles. The smallest absolute Gasteiger partial charge is 0.0737 e. The normalized spacial score (nSPS) is 31.0. The zero-order valence-electron chi connectivity index (χ0n) is 17.1. The van der Waals surface area contributed by atoms with E-state index >= 15 is 0 Å². The maximum absolute atomic E-state index is 12.1. The maximum atomic E-state index is 12.1. The molecule has 0 bridgehead atoms. The minimum atomic E-state index is -0.654. The minimum absolute atomic E-state index is 0.159. The SMILES string of the molecule is CCCC[C@]1(O)[C@H](C)[C@H](c2ccccc2)N[C@@H](c2ccccc2)[C@H]1CCC. The van der Waals surface area contributed by atoms with Crippen molar-refractivity contribution in [3.05, 3.63) is 71.8 Å². The van der Waals surface area contributed by atoms with Crippen molar-refractivity contribution in [2.24, 2.45) is 11.8 Å². The average molecular weight is 366 g/mol. The molecule has 2 heteroatoms. The second kappa shape index (κ2) is 9.03. The summed E-state index contributed by atoms with van der Waals surface area (Å²) >= 11 is 0. The molecule has 2 nitrogen and oxygen atoms in total. The van der Waals surface area contributed by atoms with Gasteiger partial charge in [-0.3, -0.25) is 0 Å². The third kappa shape index (κ3) is 4.12. The predicted molar refractivity (Wildman–Crippen MR) is 114 cm³/mol. The fraction of sp³-hybridized carbons (Fsp3) is 0.520. The first kappa shape index (κ1) is 20.1. The molecular formula is C25H35NO. The topological polar surface area (TPSA) is 32.3 Å². The van der Waals surface area contributed by atoms with Gasteiger partial charge < -0.3 is 10.4 Å². The van der Waals surface area contributed by atoms with Crippen molar-refractivity contribution in [3.63, 3.8) is 0 Å². The van der Waals surface area contributed by atoms with Crippen LogP contribution < -0.4 is 5.32 Å². The average Bonchev–Trinajstić information content (AvgIpc) is 2.72. The van der Waals surface area contributed by atoms with Crippen LogP contribution in [-0.2, 0) is 0 Å². The fourth-order valence-electron chi connectivity index (χ4n) is 5.00. The fourth-order valence-corrected chi connectivity index (χ4v) is 5.00. The van der Waals surface area contributed by atoms with Crippen molar-refractivity contribution in [1.29, 1.82) is 0 Å². The molecule has 1 aliphatic heterocycles. The van der Waals surface area contributed by atoms with Crippen molar-refractivity contribution in [3.8, 4) is 0 Å². The lowest BCUT2D eigenvalue weighted by Crippen LogP contribution is -2.58. The van der Waals surface area contributed by atoms with Crippen molar-refractivity contribution in [1.82, 2.24) is 5.32 Å². The van der Waals surface area contributed by atoms with Crippen LogP contribution in [0.3, 0.4) is 0 Å². The molecule has 2 aromatic rings. The summed E-state index contributed by atoms with van der Waals surface area (Å²) in [6.07, 6.45) is 5.20.